The summed E-state index contributed by atoms with van der Waals surface area (Å²) in [6.45, 7) is 1.96. The number of furan rings is 1. The molecule has 0 spiro atoms. The van der Waals surface area contributed by atoms with Crippen LogP contribution in [0, 0.1) is 0 Å². The van der Waals surface area contributed by atoms with Crippen LogP contribution in [0.4, 0.5) is 5.88 Å². The van der Waals surface area contributed by atoms with Gasteiger partial charge in [0.05, 0.1) is 17.1 Å². The van der Waals surface area contributed by atoms with Crippen molar-refractivity contribution in [3.8, 4) is 0 Å². The van der Waals surface area contributed by atoms with E-state index in [1.54, 1.807) is 30.3 Å². The van der Waals surface area contributed by atoms with Crippen LogP contribution in [0.25, 0.3) is 10.9 Å². The van der Waals surface area contributed by atoms with E-state index in [1.165, 1.54) is 19.1 Å². The summed E-state index contributed by atoms with van der Waals surface area (Å²) in [6, 6.07) is 10.6. The number of hydrogen-bond donors (Lipinski definition) is 1. The molecule has 7 nitrogen and oxygen atoms in total. The van der Waals surface area contributed by atoms with Crippen LogP contribution in [0.15, 0.2) is 55.5 Å². The summed E-state index contributed by atoms with van der Waals surface area (Å²) in [7, 11) is 0. The van der Waals surface area contributed by atoms with E-state index in [4.69, 9.17) is 4.42 Å². The fourth-order valence-corrected chi connectivity index (χ4v) is 3.25. The molecule has 1 saturated heterocycles. The van der Waals surface area contributed by atoms with Crippen molar-refractivity contribution < 1.29 is 4.42 Å². The van der Waals surface area contributed by atoms with Crippen LogP contribution in [0.1, 0.15) is 31.4 Å². The average Bonchev–Trinajstić information content (AvgIpc) is 2.95. The predicted octanol–water partition coefficient (Wildman–Crippen LogP) is 2.55. The molecular weight excluding hydrogens is 332 g/mol. The van der Waals surface area contributed by atoms with Crippen molar-refractivity contribution in [3.05, 3.63) is 63.0 Å². The fourth-order valence-electron chi connectivity index (χ4n) is 3.25. The lowest BCUT2D eigenvalue weighted by Gasteiger charge is -2.18. The SMILES string of the molecule is O=c1[nH]c2ccccc2c(=O)n1N=Cc1ccc(N2CCCCCC2)o1. The molecule has 3 heterocycles. The number of benzene rings is 1. The van der Waals surface area contributed by atoms with Crippen LogP contribution in [0.2, 0.25) is 0 Å². The number of H-pyrrole nitrogens is 1. The van der Waals surface area contributed by atoms with Gasteiger partial charge in [0.25, 0.3) is 5.56 Å². The van der Waals surface area contributed by atoms with E-state index in [0.29, 0.717) is 16.7 Å². The number of anilines is 1. The van der Waals surface area contributed by atoms with Gasteiger partial charge in [0.15, 0.2) is 5.88 Å². The summed E-state index contributed by atoms with van der Waals surface area (Å²) in [6.07, 6.45) is 6.21. The smallest absolute Gasteiger partial charge is 0.349 e. The van der Waals surface area contributed by atoms with E-state index in [-0.39, 0.29) is 0 Å². The molecule has 7 heteroatoms. The lowest BCUT2D eigenvalue weighted by Crippen LogP contribution is -2.32. The summed E-state index contributed by atoms with van der Waals surface area (Å²) in [4.78, 5) is 29.4. The molecule has 134 valence electrons. The number of rotatable bonds is 3. The van der Waals surface area contributed by atoms with Gasteiger partial charge in [-0.05, 0) is 31.0 Å². The first kappa shape index (κ1) is 16.4. The third kappa shape index (κ3) is 3.20. The Balaban J connectivity index is 1.62. The zero-order valence-electron chi connectivity index (χ0n) is 14.4. The quantitative estimate of drug-likeness (QED) is 0.734. The molecule has 0 saturated carbocycles. The molecule has 0 bridgehead atoms. The summed E-state index contributed by atoms with van der Waals surface area (Å²) in [5.74, 6) is 1.30. The molecule has 0 aliphatic carbocycles. The van der Waals surface area contributed by atoms with E-state index in [0.717, 1.165) is 36.5 Å². The second-order valence-corrected chi connectivity index (χ2v) is 6.41. The first-order valence-corrected chi connectivity index (χ1v) is 8.85. The molecule has 3 aromatic rings. The minimum atomic E-state index is -0.579. The first-order chi connectivity index (χ1) is 12.7. The van der Waals surface area contributed by atoms with Crippen LogP contribution in [0.5, 0.6) is 0 Å². The second kappa shape index (κ2) is 7.03. The number of aromatic amines is 1. The van der Waals surface area contributed by atoms with Crippen molar-refractivity contribution in [3.63, 3.8) is 0 Å². The number of fused-ring (bicyclic) bond motifs is 1. The van der Waals surface area contributed by atoms with Gasteiger partial charge >= 0.3 is 5.69 Å². The Kier molecular flexibility index (Phi) is 4.43. The standard InChI is InChI=1S/C19H20N4O3/c24-18-15-7-3-4-8-16(15)21-19(25)23(18)20-13-14-9-10-17(26-14)22-11-5-1-2-6-12-22/h3-4,7-10,13H,1-2,5-6,11-12H2,(H,21,25). The van der Waals surface area contributed by atoms with Gasteiger partial charge in [0.1, 0.15) is 5.76 Å². The van der Waals surface area contributed by atoms with E-state index < -0.39 is 11.2 Å². The Morgan fingerprint density at radius 3 is 2.58 bits per heavy atom. The maximum absolute atomic E-state index is 12.5. The third-order valence-electron chi connectivity index (χ3n) is 4.61. The number of nitrogens with zero attached hydrogens (tertiary/aromatic N) is 3. The molecule has 2 aromatic heterocycles. The van der Waals surface area contributed by atoms with E-state index in [1.807, 2.05) is 6.07 Å². The summed E-state index contributed by atoms with van der Waals surface area (Å²) >= 11 is 0. The lowest BCUT2D eigenvalue weighted by atomic mass is 10.2. The van der Waals surface area contributed by atoms with Gasteiger partial charge in [-0.25, -0.2) is 4.79 Å². The minimum absolute atomic E-state index is 0.411. The number of nitrogens with one attached hydrogen (secondary N) is 1. The Morgan fingerprint density at radius 1 is 1.00 bits per heavy atom. The minimum Gasteiger partial charge on any atom is -0.440 e. The second-order valence-electron chi connectivity index (χ2n) is 6.41. The Morgan fingerprint density at radius 2 is 1.77 bits per heavy atom. The number of aromatic nitrogens is 2. The van der Waals surface area contributed by atoms with Crippen molar-refractivity contribution in [2.24, 2.45) is 5.10 Å². The molecule has 0 radical (unpaired) electrons. The largest absolute Gasteiger partial charge is 0.440 e. The molecule has 1 N–H and O–H groups in total. The maximum atomic E-state index is 12.5. The van der Waals surface area contributed by atoms with Crippen LogP contribution < -0.4 is 16.1 Å². The van der Waals surface area contributed by atoms with Crippen LogP contribution in [-0.2, 0) is 0 Å². The number of hydrogen-bond acceptors (Lipinski definition) is 5. The Hall–Kier alpha value is -3.09. The zero-order chi connectivity index (χ0) is 17.9. The normalized spacial score (nSPS) is 15.6. The highest BCUT2D eigenvalue weighted by molar-refractivity contribution is 5.78. The first-order valence-electron chi connectivity index (χ1n) is 8.85. The lowest BCUT2D eigenvalue weighted by molar-refractivity contribution is 0.537. The Labute approximate surface area is 149 Å². The molecular formula is C19H20N4O3. The third-order valence-corrected chi connectivity index (χ3v) is 4.61. The van der Waals surface area contributed by atoms with Crippen molar-refractivity contribution >= 4 is 23.0 Å². The molecule has 0 atom stereocenters. The molecule has 1 fully saturated rings. The van der Waals surface area contributed by atoms with Gasteiger partial charge in [-0.3, -0.25) is 4.79 Å². The molecule has 26 heavy (non-hydrogen) atoms. The van der Waals surface area contributed by atoms with Crippen LogP contribution >= 0.6 is 0 Å². The van der Waals surface area contributed by atoms with Gasteiger partial charge < -0.3 is 14.3 Å². The van der Waals surface area contributed by atoms with Crippen molar-refractivity contribution in [1.29, 1.82) is 0 Å². The van der Waals surface area contributed by atoms with E-state index in [9.17, 15) is 9.59 Å². The van der Waals surface area contributed by atoms with Crippen LogP contribution in [-0.4, -0.2) is 29.0 Å². The predicted molar refractivity (Wildman–Crippen MR) is 101 cm³/mol. The summed E-state index contributed by atoms with van der Waals surface area (Å²) < 4.78 is 6.63. The van der Waals surface area contributed by atoms with Gasteiger partial charge in [-0.2, -0.15) is 5.10 Å². The topological polar surface area (TPSA) is 83.6 Å². The maximum Gasteiger partial charge on any atom is 0.349 e. The average molecular weight is 352 g/mol. The van der Waals surface area contributed by atoms with Crippen molar-refractivity contribution in [1.82, 2.24) is 9.66 Å². The summed E-state index contributed by atoms with van der Waals surface area (Å²) in [5, 5.41) is 4.44. The van der Waals surface area contributed by atoms with E-state index >= 15 is 0 Å². The van der Waals surface area contributed by atoms with Crippen molar-refractivity contribution in [2.45, 2.75) is 25.7 Å². The van der Waals surface area contributed by atoms with Gasteiger partial charge in [0.2, 0.25) is 0 Å². The molecule has 1 aliphatic rings. The Bertz CT molecular complexity index is 1050. The van der Waals surface area contributed by atoms with E-state index in [2.05, 4.69) is 15.0 Å². The highest BCUT2D eigenvalue weighted by Crippen LogP contribution is 2.21. The van der Waals surface area contributed by atoms with Gasteiger partial charge in [-0.1, -0.05) is 25.0 Å². The molecule has 0 amide bonds. The monoisotopic (exact) mass is 352 g/mol. The van der Waals surface area contributed by atoms with Gasteiger partial charge in [-0.15, -0.1) is 4.68 Å². The fraction of sp³-hybridized carbons (Fsp3) is 0.316. The summed E-state index contributed by atoms with van der Waals surface area (Å²) in [5.41, 5.74) is -0.542. The molecule has 1 aliphatic heterocycles. The number of para-hydroxylation sites is 1. The highest BCUT2D eigenvalue weighted by Gasteiger charge is 2.13. The van der Waals surface area contributed by atoms with Gasteiger partial charge in [0, 0.05) is 19.2 Å². The van der Waals surface area contributed by atoms with Crippen molar-refractivity contribution in [2.75, 3.05) is 18.0 Å². The van der Waals surface area contributed by atoms with Crippen LogP contribution in [0.3, 0.4) is 0 Å². The zero-order valence-corrected chi connectivity index (χ0v) is 14.4. The molecule has 1 aromatic carbocycles. The molecule has 4 rings (SSSR count). The highest BCUT2D eigenvalue weighted by atomic mass is 16.4. The molecule has 0 unspecified atom stereocenters.